The fraction of sp³-hybridized carbons (Fsp3) is 1.00. The van der Waals surface area contributed by atoms with Crippen molar-refractivity contribution in [2.24, 2.45) is 5.92 Å². The Kier molecular flexibility index (Phi) is 5.11. The number of nitrogens with zero attached hydrogens (tertiary/aromatic N) is 1. The molecule has 16 heavy (non-hydrogen) atoms. The van der Waals surface area contributed by atoms with Gasteiger partial charge in [-0.25, -0.2) is 0 Å². The standard InChI is InChI=1S/C13H27ClNP/c1-10(15(5)6)11-8-7-9-12(11)16(14)13(2,3)4/h10-12H,7-9H2,1-6H3/t10-,11?,12?,16?/m1/s1. The van der Waals surface area contributed by atoms with Gasteiger partial charge in [-0.1, -0.05) is 38.4 Å². The molecule has 1 aliphatic rings. The van der Waals surface area contributed by atoms with Gasteiger partial charge in [-0.05, 0) is 57.9 Å². The van der Waals surface area contributed by atoms with Crippen LogP contribution in [0.15, 0.2) is 0 Å². The van der Waals surface area contributed by atoms with Gasteiger partial charge in [-0.15, -0.1) is 0 Å². The Morgan fingerprint density at radius 3 is 2.25 bits per heavy atom. The minimum atomic E-state index is -0.374. The first-order valence-electron chi connectivity index (χ1n) is 6.36. The lowest BCUT2D eigenvalue weighted by Crippen LogP contribution is -2.36. The smallest absolute Gasteiger partial charge is 0.00955 e. The van der Waals surface area contributed by atoms with Crippen LogP contribution in [0.5, 0.6) is 0 Å². The quantitative estimate of drug-likeness (QED) is 0.676. The van der Waals surface area contributed by atoms with E-state index in [4.69, 9.17) is 11.2 Å². The molecule has 96 valence electrons. The summed E-state index contributed by atoms with van der Waals surface area (Å²) in [5.74, 6) is 0.804. The summed E-state index contributed by atoms with van der Waals surface area (Å²) < 4.78 is 0. The maximum Gasteiger partial charge on any atom is 0.00955 e. The van der Waals surface area contributed by atoms with E-state index in [-0.39, 0.29) is 12.4 Å². The molecule has 0 radical (unpaired) electrons. The molecule has 1 saturated carbocycles. The zero-order chi connectivity index (χ0) is 12.5. The van der Waals surface area contributed by atoms with E-state index in [2.05, 4.69) is 46.7 Å². The Hall–Kier alpha value is 0.680. The van der Waals surface area contributed by atoms with Crippen molar-refractivity contribution in [2.45, 2.75) is 63.8 Å². The molecule has 0 bridgehead atoms. The molecule has 1 fully saturated rings. The van der Waals surface area contributed by atoms with Crippen LogP contribution in [0.25, 0.3) is 0 Å². The molecule has 0 amide bonds. The van der Waals surface area contributed by atoms with E-state index in [1.807, 2.05) is 0 Å². The predicted octanol–water partition coefficient (Wildman–Crippen LogP) is 4.54. The molecule has 0 N–H and O–H groups in total. The van der Waals surface area contributed by atoms with E-state index in [0.717, 1.165) is 11.6 Å². The summed E-state index contributed by atoms with van der Waals surface area (Å²) in [6.07, 6.45) is 4.08. The lowest BCUT2D eigenvalue weighted by Gasteiger charge is -2.37. The van der Waals surface area contributed by atoms with Gasteiger partial charge in [0.1, 0.15) is 0 Å². The SMILES string of the molecule is C[C@H](C1CCCC1P(Cl)C(C)(C)C)N(C)C. The molecule has 1 rings (SSSR count). The fourth-order valence-corrected chi connectivity index (χ4v) is 5.56. The lowest BCUT2D eigenvalue weighted by atomic mass is 9.98. The van der Waals surface area contributed by atoms with Gasteiger partial charge in [-0.3, -0.25) is 0 Å². The highest BCUT2D eigenvalue weighted by atomic mass is 35.7. The maximum atomic E-state index is 6.75. The van der Waals surface area contributed by atoms with Crippen LogP contribution in [0, 0.1) is 5.92 Å². The van der Waals surface area contributed by atoms with Gasteiger partial charge in [0.05, 0.1) is 0 Å². The minimum absolute atomic E-state index is 0.288. The van der Waals surface area contributed by atoms with Gasteiger partial charge >= 0.3 is 0 Å². The fourth-order valence-electron chi connectivity index (χ4n) is 2.69. The van der Waals surface area contributed by atoms with Crippen molar-refractivity contribution in [3.8, 4) is 0 Å². The Morgan fingerprint density at radius 1 is 1.25 bits per heavy atom. The number of rotatable bonds is 3. The lowest BCUT2D eigenvalue weighted by molar-refractivity contribution is 0.232. The number of hydrogen-bond acceptors (Lipinski definition) is 1. The zero-order valence-corrected chi connectivity index (χ0v) is 13.3. The van der Waals surface area contributed by atoms with Crippen LogP contribution in [-0.4, -0.2) is 35.9 Å². The van der Waals surface area contributed by atoms with Crippen LogP contribution in [0.4, 0.5) is 0 Å². The van der Waals surface area contributed by atoms with E-state index in [1.165, 1.54) is 19.3 Å². The summed E-state index contributed by atoms with van der Waals surface area (Å²) in [5, 5.41) is 0.288. The number of hydrogen-bond donors (Lipinski definition) is 0. The monoisotopic (exact) mass is 263 g/mol. The van der Waals surface area contributed by atoms with Crippen molar-refractivity contribution >= 4 is 18.5 Å². The summed E-state index contributed by atoms with van der Waals surface area (Å²) in [7, 11) is 4.00. The molecule has 4 atom stereocenters. The van der Waals surface area contributed by atoms with Crippen LogP contribution in [0.1, 0.15) is 47.0 Å². The first-order chi connectivity index (χ1) is 7.25. The summed E-state index contributed by atoms with van der Waals surface area (Å²) >= 11 is 6.75. The molecule has 3 unspecified atom stereocenters. The second-order valence-corrected chi connectivity index (χ2v) is 10.1. The second kappa shape index (κ2) is 5.55. The van der Waals surface area contributed by atoms with Crippen LogP contribution < -0.4 is 0 Å². The molecule has 1 aliphatic carbocycles. The summed E-state index contributed by atoms with van der Waals surface area (Å²) in [4.78, 5) is 2.35. The largest absolute Gasteiger partial charge is 0.306 e. The van der Waals surface area contributed by atoms with Gasteiger partial charge in [0.15, 0.2) is 0 Å². The van der Waals surface area contributed by atoms with Crippen molar-refractivity contribution in [1.29, 1.82) is 0 Å². The summed E-state index contributed by atoms with van der Waals surface area (Å²) in [6, 6.07) is 0.665. The summed E-state index contributed by atoms with van der Waals surface area (Å²) in [6.45, 7) is 9.23. The normalized spacial score (nSPS) is 30.8. The van der Waals surface area contributed by atoms with Gasteiger partial charge < -0.3 is 4.90 Å². The highest BCUT2D eigenvalue weighted by molar-refractivity contribution is 7.85. The van der Waals surface area contributed by atoms with Crippen molar-refractivity contribution in [2.75, 3.05) is 14.1 Å². The third kappa shape index (κ3) is 3.34. The van der Waals surface area contributed by atoms with Gasteiger partial charge in [-0.2, -0.15) is 0 Å². The maximum absolute atomic E-state index is 6.75. The Labute approximate surface area is 107 Å². The van der Waals surface area contributed by atoms with Gasteiger partial charge in [0.2, 0.25) is 0 Å². The molecule has 0 aromatic rings. The van der Waals surface area contributed by atoms with Crippen molar-refractivity contribution < 1.29 is 0 Å². The second-order valence-electron chi connectivity index (χ2n) is 6.35. The minimum Gasteiger partial charge on any atom is -0.306 e. The average molecular weight is 264 g/mol. The first-order valence-corrected chi connectivity index (χ1v) is 8.68. The molecular formula is C13H27ClNP. The van der Waals surface area contributed by atoms with E-state index in [1.54, 1.807) is 0 Å². The van der Waals surface area contributed by atoms with Crippen molar-refractivity contribution in [3.05, 3.63) is 0 Å². The van der Waals surface area contributed by atoms with E-state index < -0.39 is 0 Å². The van der Waals surface area contributed by atoms with E-state index >= 15 is 0 Å². The zero-order valence-electron chi connectivity index (χ0n) is 11.6. The third-order valence-corrected chi connectivity index (χ3v) is 8.68. The molecular weight excluding hydrogens is 237 g/mol. The topological polar surface area (TPSA) is 3.24 Å². The molecule has 1 nitrogen and oxygen atoms in total. The third-order valence-electron chi connectivity index (χ3n) is 3.90. The predicted molar refractivity (Wildman–Crippen MR) is 76.8 cm³/mol. The molecule has 0 aliphatic heterocycles. The molecule has 0 spiro atoms. The highest BCUT2D eigenvalue weighted by Gasteiger charge is 2.40. The van der Waals surface area contributed by atoms with E-state index in [0.29, 0.717) is 6.04 Å². The Morgan fingerprint density at radius 2 is 1.81 bits per heavy atom. The van der Waals surface area contributed by atoms with Gasteiger partial charge in [0, 0.05) is 6.04 Å². The first kappa shape index (κ1) is 14.7. The Bertz CT molecular complexity index is 224. The van der Waals surface area contributed by atoms with Crippen LogP contribution in [0.3, 0.4) is 0 Å². The molecule has 0 aromatic heterocycles. The molecule has 0 aromatic carbocycles. The summed E-state index contributed by atoms with van der Waals surface area (Å²) in [5.41, 5.74) is 0.758. The van der Waals surface area contributed by atoms with Crippen LogP contribution in [0.2, 0.25) is 0 Å². The molecule has 0 saturated heterocycles. The molecule has 0 heterocycles. The van der Waals surface area contributed by atoms with E-state index in [9.17, 15) is 0 Å². The van der Waals surface area contributed by atoms with Crippen LogP contribution in [-0.2, 0) is 0 Å². The number of halogens is 1. The average Bonchev–Trinajstić information content (AvgIpc) is 2.61. The van der Waals surface area contributed by atoms with Crippen molar-refractivity contribution in [1.82, 2.24) is 4.90 Å². The Balaban J connectivity index is 2.73. The van der Waals surface area contributed by atoms with Crippen molar-refractivity contribution in [3.63, 3.8) is 0 Å². The van der Waals surface area contributed by atoms with Gasteiger partial charge in [0.25, 0.3) is 0 Å². The molecule has 3 heteroatoms. The van der Waals surface area contributed by atoms with Crippen LogP contribution >= 0.6 is 18.5 Å². The highest BCUT2D eigenvalue weighted by Crippen LogP contribution is 2.63.